The molecule has 0 aromatic heterocycles. The lowest BCUT2D eigenvalue weighted by Crippen LogP contribution is -2.03. The molecule has 0 saturated carbocycles. The molecule has 1 rings (SSSR count). The average molecular weight is 228 g/mol. The molecule has 2 nitrogen and oxygen atoms in total. The smallest absolute Gasteiger partial charge is 0.163 e. The number of ketones is 1. The van der Waals surface area contributed by atoms with Gasteiger partial charge in [0.1, 0.15) is 11.6 Å². The van der Waals surface area contributed by atoms with Crippen molar-refractivity contribution in [1.29, 1.82) is 0 Å². The molecular weight excluding hydrogens is 214 g/mol. The van der Waals surface area contributed by atoms with Crippen LogP contribution < -0.4 is 0 Å². The van der Waals surface area contributed by atoms with Crippen LogP contribution in [0.4, 0.5) is 8.78 Å². The quantitative estimate of drug-likeness (QED) is 0.552. The number of Topliss-reactive ketones (excluding diaryl/α,β-unsaturated/α-hetero) is 1. The third kappa shape index (κ3) is 4.06. The molecule has 0 amide bonds. The Morgan fingerprint density at radius 1 is 1.25 bits per heavy atom. The highest BCUT2D eigenvalue weighted by molar-refractivity contribution is 5.96. The number of carbonyl (C=O) groups is 1. The van der Waals surface area contributed by atoms with Gasteiger partial charge in [-0.25, -0.2) is 8.78 Å². The third-order valence-electron chi connectivity index (χ3n) is 2.08. The first-order valence-corrected chi connectivity index (χ1v) is 5.20. The van der Waals surface area contributed by atoms with Gasteiger partial charge in [-0.05, 0) is 25.5 Å². The standard InChI is InChI=1S/C12H14F2O2/c1-2-16-5-3-4-12(15)9-6-10(13)8-11(14)7-9/h6-8H,2-5H2,1H3. The van der Waals surface area contributed by atoms with Crippen LogP contribution >= 0.6 is 0 Å². The molecule has 0 fully saturated rings. The third-order valence-corrected chi connectivity index (χ3v) is 2.08. The largest absolute Gasteiger partial charge is 0.382 e. The van der Waals surface area contributed by atoms with Crippen molar-refractivity contribution >= 4 is 5.78 Å². The second kappa shape index (κ2) is 6.33. The van der Waals surface area contributed by atoms with E-state index in [2.05, 4.69) is 0 Å². The zero-order valence-corrected chi connectivity index (χ0v) is 9.13. The molecular formula is C12H14F2O2. The molecule has 0 radical (unpaired) electrons. The number of hydrogen-bond acceptors (Lipinski definition) is 2. The molecule has 0 N–H and O–H groups in total. The van der Waals surface area contributed by atoms with Crippen LogP contribution in [0.15, 0.2) is 18.2 Å². The topological polar surface area (TPSA) is 26.3 Å². The minimum atomic E-state index is -0.729. The van der Waals surface area contributed by atoms with Gasteiger partial charge in [-0.3, -0.25) is 4.79 Å². The molecule has 1 aromatic carbocycles. The summed E-state index contributed by atoms with van der Waals surface area (Å²) in [6.07, 6.45) is 0.799. The van der Waals surface area contributed by atoms with Crippen LogP contribution in [0.1, 0.15) is 30.1 Å². The predicted molar refractivity (Wildman–Crippen MR) is 56.4 cm³/mol. The Kier molecular flexibility index (Phi) is 5.05. The number of rotatable bonds is 6. The van der Waals surface area contributed by atoms with Gasteiger partial charge in [-0.1, -0.05) is 0 Å². The summed E-state index contributed by atoms with van der Waals surface area (Å²) in [6, 6.07) is 2.84. The van der Waals surface area contributed by atoms with Crippen LogP contribution in [-0.2, 0) is 4.74 Å². The molecule has 0 aliphatic rings. The normalized spacial score (nSPS) is 10.4. The maximum atomic E-state index is 12.8. The van der Waals surface area contributed by atoms with E-state index in [0.717, 1.165) is 18.2 Å². The van der Waals surface area contributed by atoms with Gasteiger partial charge in [0.15, 0.2) is 5.78 Å². The van der Waals surface area contributed by atoms with Crippen molar-refractivity contribution in [2.24, 2.45) is 0 Å². The number of ether oxygens (including phenoxy) is 1. The summed E-state index contributed by atoms with van der Waals surface area (Å²) in [5, 5.41) is 0. The van der Waals surface area contributed by atoms with Gasteiger partial charge in [0.05, 0.1) is 0 Å². The minimum Gasteiger partial charge on any atom is -0.382 e. The van der Waals surface area contributed by atoms with Crippen LogP contribution in [0.3, 0.4) is 0 Å². The van der Waals surface area contributed by atoms with E-state index >= 15 is 0 Å². The van der Waals surface area contributed by atoms with E-state index in [1.54, 1.807) is 0 Å². The Morgan fingerprint density at radius 2 is 1.88 bits per heavy atom. The van der Waals surface area contributed by atoms with Gasteiger partial charge in [0.2, 0.25) is 0 Å². The highest BCUT2D eigenvalue weighted by Gasteiger charge is 2.08. The molecule has 0 spiro atoms. The van der Waals surface area contributed by atoms with Gasteiger partial charge in [-0.15, -0.1) is 0 Å². The van der Waals surface area contributed by atoms with E-state index < -0.39 is 11.6 Å². The van der Waals surface area contributed by atoms with E-state index in [9.17, 15) is 13.6 Å². The lowest BCUT2D eigenvalue weighted by atomic mass is 10.1. The summed E-state index contributed by atoms with van der Waals surface area (Å²) in [4.78, 5) is 11.5. The van der Waals surface area contributed by atoms with Crippen LogP contribution in [0.5, 0.6) is 0 Å². The summed E-state index contributed by atoms with van der Waals surface area (Å²) in [5.74, 6) is -1.72. The lowest BCUT2D eigenvalue weighted by Gasteiger charge is -2.02. The van der Waals surface area contributed by atoms with Gasteiger partial charge in [0, 0.05) is 31.3 Å². The molecule has 0 aliphatic heterocycles. The molecule has 16 heavy (non-hydrogen) atoms. The molecule has 0 atom stereocenters. The number of carbonyl (C=O) groups excluding carboxylic acids is 1. The van der Waals surface area contributed by atoms with Crippen LogP contribution in [0.2, 0.25) is 0 Å². The average Bonchev–Trinajstić information content (AvgIpc) is 2.22. The molecule has 88 valence electrons. The summed E-state index contributed by atoms with van der Waals surface area (Å²) in [6.45, 7) is 2.95. The monoisotopic (exact) mass is 228 g/mol. The number of benzene rings is 1. The zero-order chi connectivity index (χ0) is 12.0. The Bertz CT molecular complexity index is 344. The highest BCUT2D eigenvalue weighted by atomic mass is 19.1. The van der Waals surface area contributed by atoms with Crippen LogP contribution in [0, 0.1) is 11.6 Å². The minimum absolute atomic E-state index is 0.0778. The van der Waals surface area contributed by atoms with Crippen LogP contribution in [-0.4, -0.2) is 19.0 Å². The molecule has 0 heterocycles. The van der Waals surface area contributed by atoms with Gasteiger partial charge in [-0.2, -0.15) is 0 Å². The predicted octanol–water partition coefficient (Wildman–Crippen LogP) is 2.96. The molecule has 0 bridgehead atoms. The molecule has 0 aliphatic carbocycles. The second-order valence-corrected chi connectivity index (χ2v) is 3.38. The van der Waals surface area contributed by atoms with E-state index in [0.29, 0.717) is 19.6 Å². The summed E-state index contributed by atoms with van der Waals surface area (Å²) < 4.78 is 30.7. The fourth-order valence-electron chi connectivity index (χ4n) is 1.34. The first-order chi connectivity index (χ1) is 7.63. The highest BCUT2D eigenvalue weighted by Crippen LogP contribution is 2.11. The van der Waals surface area contributed by atoms with Crippen molar-refractivity contribution < 1.29 is 18.3 Å². The maximum absolute atomic E-state index is 12.8. The van der Waals surface area contributed by atoms with Crippen molar-refractivity contribution in [2.45, 2.75) is 19.8 Å². The van der Waals surface area contributed by atoms with Crippen molar-refractivity contribution in [3.63, 3.8) is 0 Å². The lowest BCUT2D eigenvalue weighted by molar-refractivity contribution is 0.0946. The van der Waals surface area contributed by atoms with Crippen molar-refractivity contribution in [3.8, 4) is 0 Å². The first-order valence-electron chi connectivity index (χ1n) is 5.20. The molecule has 0 unspecified atom stereocenters. The van der Waals surface area contributed by atoms with Crippen LogP contribution in [0.25, 0.3) is 0 Å². The first kappa shape index (κ1) is 12.8. The van der Waals surface area contributed by atoms with E-state index in [-0.39, 0.29) is 17.8 Å². The Balaban J connectivity index is 2.52. The van der Waals surface area contributed by atoms with Gasteiger partial charge in [0.25, 0.3) is 0 Å². The summed E-state index contributed by atoms with van der Waals surface area (Å²) >= 11 is 0. The molecule has 4 heteroatoms. The maximum Gasteiger partial charge on any atom is 0.163 e. The SMILES string of the molecule is CCOCCCC(=O)c1cc(F)cc(F)c1. The zero-order valence-electron chi connectivity index (χ0n) is 9.13. The number of hydrogen-bond donors (Lipinski definition) is 0. The van der Waals surface area contributed by atoms with E-state index in [1.165, 1.54) is 0 Å². The van der Waals surface area contributed by atoms with E-state index in [4.69, 9.17) is 4.74 Å². The second-order valence-electron chi connectivity index (χ2n) is 3.38. The Labute approximate surface area is 93.2 Å². The molecule has 0 saturated heterocycles. The van der Waals surface area contributed by atoms with E-state index in [1.807, 2.05) is 6.92 Å². The summed E-state index contributed by atoms with van der Waals surface area (Å²) in [5.41, 5.74) is 0.0778. The summed E-state index contributed by atoms with van der Waals surface area (Å²) in [7, 11) is 0. The van der Waals surface area contributed by atoms with Gasteiger partial charge < -0.3 is 4.74 Å². The Hall–Kier alpha value is -1.29. The number of halogens is 2. The van der Waals surface area contributed by atoms with Gasteiger partial charge >= 0.3 is 0 Å². The Morgan fingerprint density at radius 3 is 2.44 bits per heavy atom. The van der Waals surface area contributed by atoms with Crippen molar-refractivity contribution in [1.82, 2.24) is 0 Å². The molecule has 1 aromatic rings. The fourth-order valence-corrected chi connectivity index (χ4v) is 1.34. The van der Waals surface area contributed by atoms with Crippen molar-refractivity contribution in [2.75, 3.05) is 13.2 Å². The van der Waals surface area contributed by atoms with Crippen molar-refractivity contribution in [3.05, 3.63) is 35.4 Å². The fraction of sp³-hybridized carbons (Fsp3) is 0.417.